The Labute approximate surface area is 146 Å². The molecule has 24 heavy (non-hydrogen) atoms. The average molecular weight is 345 g/mol. The van der Waals surface area contributed by atoms with Crippen molar-refractivity contribution in [2.24, 2.45) is 0 Å². The van der Waals surface area contributed by atoms with Crippen molar-refractivity contribution in [3.63, 3.8) is 0 Å². The molecule has 0 spiro atoms. The van der Waals surface area contributed by atoms with Gasteiger partial charge in [-0.05, 0) is 6.42 Å². The van der Waals surface area contributed by atoms with E-state index in [2.05, 4.69) is 27.3 Å². The van der Waals surface area contributed by atoms with Gasteiger partial charge in [-0.25, -0.2) is 4.98 Å². The third-order valence-electron chi connectivity index (χ3n) is 4.89. The van der Waals surface area contributed by atoms with Crippen molar-refractivity contribution < 1.29 is 9.84 Å². The molecule has 2 fully saturated rings. The maximum absolute atomic E-state index is 10.6. The van der Waals surface area contributed by atoms with Gasteiger partial charge < -0.3 is 14.7 Å². The molecule has 2 aromatic rings. The number of thiazole rings is 1. The van der Waals surface area contributed by atoms with E-state index in [0.717, 1.165) is 55.7 Å². The van der Waals surface area contributed by atoms with Gasteiger partial charge in [-0.3, -0.25) is 4.90 Å². The summed E-state index contributed by atoms with van der Waals surface area (Å²) in [6.45, 7) is 5.01. The molecule has 3 heterocycles. The Hall–Kier alpha value is -1.47. The molecule has 0 amide bonds. The number of ether oxygens (including phenoxy) is 1. The van der Waals surface area contributed by atoms with E-state index in [0.29, 0.717) is 6.54 Å². The van der Waals surface area contributed by atoms with Gasteiger partial charge in [-0.1, -0.05) is 30.3 Å². The van der Waals surface area contributed by atoms with E-state index >= 15 is 0 Å². The van der Waals surface area contributed by atoms with Crippen LogP contribution in [0.5, 0.6) is 0 Å². The Bertz CT molecular complexity index is 657. The number of aliphatic hydroxyl groups is 1. The van der Waals surface area contributed by atoms with E-state index in [9.17, 15) is 5.11 Å². The van der Waals surface area contributed by atoms with E-state index in [1.807, 2.05) is 18.2 Å². The van der Waals surface area contributed by atoms with Crippen LogP contribution in [0.2, 0.25) is 0 Å². The van der Waals surface area contributed by atoms with Gasteiger partial charge in [0.25, 0.3) is 0 Å². The van der Waals surface area contributed by atoms with E-state index in [1.54, 1.807) is 11.3 Å². The number of piperidine rings is 1. The minimum atomic E-state index is -0.332. The summed E-state index contributed by atoms with van der Waals surface area (Å²) >= 11 is 1.66. The first-order chi connectivity index (χ1) is 11.8. The average Bonchev–Trinajstić information content (AvgIpc) is 3.13. The fraction of sp³-hybridized carbons (Fsp3) is 0.500. The molecule has 2 saturated heterocycles. The normalized spacial score (nSPS) is 25.8. The molecule has 1 aromatic carbocycles. The van der Waals surface area contributed by atoms with Crippen LogP contribution in [-0.4, -0.2) is 66.5 Å². The highest BCUT2D eigenvalue weighted by molar-refractivity contribution is 7.14. The molecule has 0 aliphatic carbocycles. The maximum atomic E-state index is 10.6. The van der Waals surface area contributed by atoms with Gasteiger partial charge in [0.2, 0.25) is 0 Å². The molecule has 1 aromatic heterocycles. The zero-order valence-electron chi connectivity index (χ0n) is 13.7. The van der Waals surface area contributed by atoms with Crippen molar-refractivity contribution in [3.8, 4) is 11.3 Å². The number of hydrogen-bond acceptors (Lipinski definition) is 6. The van der Waals surface area contributed by atoms with E-state index in [1.165, 1.54) is 0 Å². The van der Waals surface area contributed by atoms with Crippen molar-refractivity contribution in [2.45, 2.75) is 18.6 Å². The Morgan fingerprint density at radius 1 is 1.12 bits per heavy atom. The maximum Gasteiger partial charge on any atom is 0.185 e. The van der Waals surface area contributed by atoms with Crippen molar-refractivity contribution in [1.82, 2.24) is 9.88 Å². The van der Waals surface area contributed by atoms with Crippen molar-refractivity contribution in [3.05, 3.63) is 35.7 Å². The number of morpholine rings is 1. The summed E-state index contributed by atoms with van der Waals surface area (Å²) in [5.41, 5.74) is 2.16. The van der Waals surface area contributed by atoms with Gasteiger partial charge in [-0.15, -0.1) is 11.3 Å². The van der Waals surface area contributed by atoms with E-state index in [4.69, 9.17) is 9.72 Å². The number of nitrogens with zero attached hydrogens (tertiary/aromatic N) is 3. The molecule has 0 radical (unpaired) electrons. The van der Waals surface area contributed by atoms with Crippen LogP contribution in [0.4, 0.5) is 5.13 Å². The summed E-state index contributed by atoms with van der Waals surface area (Å²) < 4.78 is 5.42. The number of β-amino-alcohol motifs (C(OH)–C–C–N with tert-alkyl or cyclic N) is 1. The molecule has 0 saturated carbocycles. The zero-order valence-corrected chi connectivity index (χ0v) is 14.5. The first-order valence-electron chi connectivity index (χ1n) is 8.57. The number of aromatic nitrogens is 1. The van der Waals surface area contributed by atoms with Crippen molar-refractivity contribution in [1.29, 1.82) is 0 Å². The Morgan fingerprint density at radius 3 is 2.67 bits per heavy atom. The lowest BCUT2D eigenvalue weighted by Crippen LogP contribution is -2.56. The van der Waals surface area contributed by atoms with E-state index in [-0.39, 0.29) is 12.1 Å². The molecule has 1 N–H and O–H groups in total. The number of rotatable bonds is 3. The SMILES string of the molecule is O[C@@H]1CN(c2nc(-c3ccccc3)cs2)CC[C@H]1N1CCOCC1. The van der Waals surface area contributed by atoms with Gasteiger partial charge in [0.15, 0.2) is 5.13 Å². The number of hydrogen-bond donors (Lipinski definition) is 1. The summed E-state index contributed by atoms with van der Waals surface area (Å²) in [4.78, 5) is 9.37. The summed E-state index contributed by atoms with van der Waals surface area (Å²) in [7, 11) is 0. The van der Waals surface area contributed by atoms with Crippen molar-refractivity contribution in [2.75, 3.05) is 44.3 Å². The van der Waals surface area contributed by atoms with E-state index < -0.39 is 0 Å². The molecule has 5 nitrogen and oxygen atoms in total. The third kappa shape index (κ3) is 3.32. The second kappa shape index (κ2) is 7.19. The summed E-state index contributed by atoms with van der Waals surface area (Å²) in [5, 5.41) is 13.7. The smallest absolute Gasteiger partial charge is 0.185 e. The highest BCUT2D eigenvalue weighted by Crippen LogP contribution is 2.30. The van der Waals surface area contributed by atoms with Gasteiger partial charge >= 0.3 is 0 Å². The zero-order chi connectivity index (χ0) is 16.4. The summed E-state index contributed by atoms with van der Waals surface area (Å²) in [6.07, 6.45) is 0.641. The highest BCUT2D eigenvalue weighted by atomic mass is 32.1. The molecule has 2 atom stereocenters. The van der Waals surface area contributed by atoms with Crippen LogP contribution in [0.25, 0.3) is 11.3 Å². The minimum Gasteiger partial charge on any atom is -0.390 e. The van der Waals surface area contributed by atoms with Crippen LogP contribution < -0.4 is 4.90 Å². The van der Waals surface area contributed by atoms with Gasteiger partial charge in [-0.2, -0.15) is 0 Å². The van der Waals surface area contributed by atoms with Gasteiger partial charge in [0, 0.05) is 43.2 Å². The predicted molar refractivity (Wildman–Crippen MR) is 96.6 cm³/mol. The Kier molecular flexibility index (Phi) is 4.80. The minimum absolute atomic E-state index is 0.249. The summed E-state index contributed by atoms with van der Waals surface area (Å²) in [5.74, 6) is 0. The molecule has 0 unspecified atom stereocenters. The lowest BCUT2D eigenvalue weighted by molar-refractivity contribution is -0.0274. The second-order valence-electron chi connectivity index (χ2n) is 6.40. The monoisotopic (exact) mass is 345 g/mol. The Morgan fingerprint density at radius 2 is 1.92 bits per heavy atom. The number of benzene rings is 1. The first-order valence-corrected chi connectivity index (χ1v) is 9.45. The molecule has 128 valence electrons. The van der Waals surface area contributed by atoms with Crippen LogP contribution >= 0.6 is 11.3 Å². The molecular weight excluding hydrogens is 322 g/mol. The quantitative estimate of drug-likeness (QED) is 0.923. The van der Waals surface area contributed by atoms with Crippen molar-refractivity contribution >= 4 is 16.5 Å². The highest BCUT2D eigenvalue weighted by Gasteiger charge is 2.33. The topological polar surface area (TPSA) is 48.8 Å². The van der Waals surface area contributed by atoms with Crippen LogP contribution in [-0.2, 0) is 4.74 Å². The largest absolute Gasteiger partial charge is 0.390 e. The van der Waals surface area contributed by atoms with Crippen LogP contribution in [0.1, 0.15) is 6.42 Å². The third-order valence-corrected chi connectivity index (χ3v) is 5.79. The molecule has 2 aliphatic heterocycles. The molecule has 0 bridgehead atoms. The standard InChI is InChI=1S/C18H23N3O2S/c22-17-12-21(7-6-16(17)20-8-10-23-11-9-20)18-19-15(13-24-18)14-4-2-1-3-5-14/h1-5,13,16-17,22H,6-12H2/t16-,17-/m1/s1. The Balaban J connectivity index is 1.42. The molecule has 6 heteroatoms. The predicted octanol–water partition coefficient (Wildman–Crippen LogP) is 2.08. The first kappa shape index (κ1) is 16.0. The van der Waals surface area contributed by atoms with Crippen LogP contribution in [0, 0.1) is 0 Å². The number of aliphatic hydroxyl groups excluding tert-OH is 1. The second-order valence-corrected chi connectivity index (χ2v) is 7.24. The molecule has 2 aliphatic rings. The van der Waals surface area contributed by atoms with Gasteiger partial charge in [0.1, 0.15) is 0 Å². The number of anilines is 1. The molecular formula is C18H23N3O2S. The fourth-order valence-electron chi connectivity index (χ4n) is 3.58. The van der Waals surface area contributed by atoms with Crippen LogP contribution in [0.3, 0.4) is 0 Å². The lowest BCUT2D eigenvalue weighted by Gasteiger charge is -2.42. The fourth-order valence-corrected chi connectivity index (χ4v) is 4.45. The lowest BCUT2D eigenvalue weighted by atomic mass is 10.00. The van der Waals surface area contributed by atoms with Gasteiger partial charge in [0.05, 0.1) is 25.0 Å². The summed E-state index contributed by atoms with van der Waals surface area (Å²) in [6, 6.07) is 10.5. The van der Waals surface area contributed by atoms with Crippen LogP contribution in [0.15, 0.2) is 35.7 Å². The molecule has 4 rings (SSSR count).